The summed E-state index contributed by atoms with van der Waals surface area (Å²) in [6.45, 7) is 6.06. The number of pyridine rings is 1. The van der Waals surface area contributed by atoms with Gasteiger partial charge in [-0.15, -0.1) is 13.2 Å². The zero-order valence-electron chi connectivity index (χ0n) is 16.2. The van der Waals surface area contributed by atoms with Crippen LogP contribution in [0.3, 0.4) is 0 Å². The van der Waals surface area contributed by atoms with Crippen molar-refractivity contribution in [2.24, 2.45) is 0 Å². The fourth-order valence-corrected chi connectivity index (χ4v) is 2.75. The van der Waals surface area contributed by atoms with Crippen molar-refractivity contribution in [1.82, 2.24) is 9.88 Å². The van der Waals surface area contributed by atoms with Crippen molar-refractivity contribution in [3.63, 3.8) is 0 Å². The molecule has 0 N–H and O–H groups in total. The number of alkyl halides is 3. The molecule has 0 radical (unpaired) electrons. The number of hydrogen-bond acceptors (Lipinski definition) is 5. The minimum Gasteiger partial charge on any atom is -0.444 e. The summed E-state index contributed by atoms with van der Waals surface area (Å²) in [5.41, 5.74) is 0.289. The van der Waals surface area contributed by atoms with Gasteiger partial charge in [-0.3, -0.25) is 0 Å². The molecule has 1 aromatic heterocycles. The van der Waals surface area contributed by atoms with Crippen LogP contribution >= 0.6 is 0 Å². The molecule has 0 spiro atoms. The second-order valence-corrected chi connectivity index (χ2v) is 7.53. The SMILES string of the molecule is CC(C)(C)OC(=O)N1CCC1c1ccc(Oc2ccc(OC(F)(F)F)cc2)nc1. The summed E-state index contributed by atoms with van der Waals surface area (Å²) in [5.74, 6) is 0.264. The number of amides is 1. The second-order valence-electron chi connectivity index (χ2n) is 7.53. The number of halogens is 3. The van der Waals surface area contributed by atoms with Crippen molar-refractivity contribution in [2.45, 2.75) is 45.2 Å². The number of ether oxygens (including phenoxy) is 3. The Bertz CT molecular complexity index is 846. The zero-order valence-corrected chi connectivity index (χ0v) is 16.2. The molecule has 0 aliphatic carbocycles. The molecule has 1 aliphatic heterocycles. The normalized spacial score (nSPS) is 16.8. The van der Waals surface area contributed by atoms with E-state index in [1.807, 2.05) is 20.8 Å². The molecule has 1 saturated heterocycles. The molecule has 1 atom stereocenters. The number of carbonyl (C=O) groups is 1. The molecule has 156 valence electrons. The first-order valence-corrected chi connectivity index (χ1v) is 8.99. The highest BCUT2D eigenvalue weighted by molar-refractivity contribution is 5.70. The molecule has 1 aromatic carbocycles. The van der Waals surface area contributed by atoms with Gasteiger partial charge >= 0.3 is 12.5 Å². The van der Waals surface area contributed by atoms with E-state index in [1.54, 1.807) is 23.2 Å². The van der Waals surface area contributed by atoms with Crippen LogP contribution < -0.4 is 9.47 Å². The minimum absolute atomic E-state index is 0.106. The van der Waals surface area contributed by atoms with E-state index in [-0.39, 0.29) is 23.8 Å². The Hall–Kier alpha value is -2.97. The molecule has 1 fully saturated rings. The predicted octanol–water partition coefficient (Wildman–Crippen LogP) is 5.45. The number of likely N-dealkylation sites (tertiary alicyclic amines) is 1. The molecule has 1 aliphatic rings. The van der Waals surface area contributed by atoms with Crippen molar-refractivity contribution >= 4 is 6.09 Å². The third-order valence-corrected chi connectivity index (χ3v) is 4.07. The predicted molar refractivity (Wildman–Crippen MR) is 97.7 cm³/mol. The summed E-state index contributed by atoms with van der Waals surface area (Å²) in [6, 6.07) is 8.35. The molecule has 29 heavy (non-hydrogen) atoms. The number of hydrogen-bond donors (Lipinski definition) is 0. The van der Waals surface area contributed by atoms with Crippen molar-refractivity contribution in [3.05, 3.63) is 48.2 Å². The van der Waals surface area contributed by atoms with E-state index in [9.17, 15) is 18.0 Å². The number of carbonyl (C=O) groups excluding carboxylic acids is 1. The topological polar surface area (TPSA) is 60.9 Å². The van der Waals surface area contributed by atoms with Crippen molar-refractivity contribution < 1.29 is 32.2 Å². The van der Waals surface area contributed by atoms with Crippen molar-refractivity contribution in [2.75, 3.05) is 6.54 Å². The number of rotatable bonds is 4. The third-order valence-electron chi connectivity index (χ3n) is 4.07. The Balaban J connectivity index is 1.60. The molecule has 0 saturated carbocycles. The molecule has 3 rings (SSSR count). The largest absolute Gasteiger partial charge is 0.573 e. The average molecular weight is 410 g/mol. The molecule has 2 heterocycles. The van der Waals surface area contributed by atoms with Gasteiger partial charge in [0.1, 0.15) is 17.1 Å². The third kappa shape index (κ3) is 5.75. The van der Waals surface area contributed by atoms with E-state index < -0.39 is 12.0 Å². The Labute approximate surface area is 166 Å². The Kier molecular flexibility index (Phi) is 5.59. The van der Waals surface area contributed by atoms with Gasteiger partial charge in [-0.1, -0.05) is 6.07 Å². The van der Waals surface area contributed by atoms with Crippen LogP contribution in [0.5, 0.6) is 17.4 Å². The lowest BCUT2D eigenvalue weighted by molar-refractivity contribution is -0.274. The first kappa shape index (κ1) is 20.8. The van der Waals surface area contributed by atoms with Crippen LogP contribution in [-0.2, 0) is 4.74 Å². The highest BCUT2D eigenvalue weighted by Gasteiger charge is 2.36. The standard InChI is InChI=1S/C20H21F3N2O4/c1-19(2,3)29-18(26)25-11-10-16(25)13-4-9-17(24-12-13)27-14-5-7-15(8-6-14)28-20(21,22)23/h4-9,12,16H,10-11H2,1-3H3. The molecule has 1 amide bonds. The summed E-state index contributed by atoms with van der Waals surface area (Å²) < 4.78 is 51.3. The number of nitrogens with zero attached hydrogens (tertiary/aromatic N) is 2. The lowest BCUT2D eigenvalue weighted by atomic mass is 9.97. The lowest BCUT2D eigenvalue weighted by Crippen LogP contribution is -2.47. The maximum absolute atomic E-state index is 12.2. The van der Waals surface area contributed by atoms with Crippen LogP contribution in [0.4, 0.5) is 18.0 Å². The summed E-state index contributed by atoms with van der Waals surface area (Å²) >= 11 is 0. The van der Waals surface area contributed by atoms with E-state index in [0.29, 0.717) is 12.3 Å². The summed E-state index contributed by atoms with van der Waals surface area (Å²) in [6.07, 6.45) is -2.69. The van der Waals surface area contributed by atoms with E-state index >= 15 is 0 Å². The van der Waals surface area contributed by atoms with Crippen LogP contribution in [0, 0.1) is 0 Å². The second kappa shape index (κ2) is 7.81. The minimum atomic E-state index is -4.74. The molecule has 9 heteroatoms. The maximum atomic E-state index is 12.2. The lowest BCUT2D eigenvalue weighted by Gasteiger charge is -2.41. The van der Waals surface area contributed by atoms with E-state index in [1.165, 1.54) is 12.1 Å². The molecule has 0 bridgehead atoms. The summed E-state index contributed by atoms with van der Waals surface area (Å²) in [7, 11) is 0. The quantitative estimate of drug-likeness (QED) is 0.670. The Morgan fingerprint density at radius 1 is 1.07 bits per heavy atom. The van der Waals surface area contributed by atoms with Gasteiger partial charge < -0.3 is 19.1 Å². The van der Waals surface area contributed by atoms with Gasteiger partial charge in [-0.25, -0.2) is 9.78 Å². The first-order valence-electron chi connectivity index (χ1n) is 8.99. The van der Waals surface area contributed by atoms with Gasteiger partial charge in [0.15, 0.2) is 0 Å². The Morgan fingerprint density at radius 2 is 1.72 bits per heavy atom. The summed E-state index contributed by atoms with van der Waals surface area (Å²) in [4.78, 5) is 18.1. The smallest absolute Gasteiger partial charge is 0.444 e. The molecule has 2 aromatic rings. The van der Waals surface area contributed by atoms with Gasteiger partial charge in [-0.05, 0) is 57.0 Å². The average Bonchev–Trinajstić information content (AvgIpc) is 2.54. The first-order chi connectivity index (χ1) is 13.5. The molecule has 6 nitrogen and oxygen atoms in total. The van der Waals surface area contributed by atoms with E-state index in [2.05, 4.69) is 9.72 Å². The van der Waals surface area contributed by atoms with Gasteiger partial charge in [0, 0.05) is 18.8 Å². The van der Waals surface area contributed by atoms with Crippen LogP contribution in [0.1, 0.15) is 38.8 Å². The van der Waals surface area contributed by atoms with E-state index in [4.69, 9.17) is 9.47 Å². The van der Waals surface area contributed by atoms with Crippen LogP contribution in [0.25, 0.3) is 0 Å². The van der Waals surface area contributed by atoms with Crippen LogP contribution in [0.2, 0.25) is 0 Å². The van der Waals surface area contributed by atoms with Gasteiger partial charge in [0.25, 0.3) is 0 Å². The van der Waals surface area contributed by atoms with E-state index in [0.717, 1.165) is 24.1 Å². The van der Waals surface area contributed by atoms with Crippen LogP contribution in [0.15, 0.2) is 42.6 Å². The van der Waals surface area contributed by atoms with Crippen molar-refractivity contribution in [1.29, 1.82) is 0 Å². The van der Waals surface area contributed by atoms with Crippen molar-refractivity contribution in [3.8, 4) is 17.4 Å². The zero-order chi connectivity index (χ0) is 21.2. The monoisotopic (exact) mass is 410 g/mol. The molecular weight excluding hydrogens is 389 g/mol. The number of aromatic nitrogens is 1. The summed E-state index contributed by atoms with van der Waals surface area (Å²) in [5, 5.41) is 0. The fraction of sp³-hybridized carbons (Fsp3) is 0.400. The van der Waals surface area contributed by atoms with Gasteiger partial charge in [-0.2, -0.15) is 0 Å². The number of benzene rings is 1. The highest BCUT2D eigenvalue weighted by Crippen LogP contribution is 2.35. The molecule has 1 unspecified atom stereocenters. The Morgan fingerprint density at radius 3 is 2.21 bits per heavy atom. The highest BCUT2D eigenvalue weighted by atomic mass is 19.4. The van der Waals surface area contributed by atoms with Gasteiger partial charge in [0.05, 0.1) is 6.04 Å². The van der Waals surface area contributed by atoms with Crippen LogP contribution in [-0.4, -0.2) is 34.5 Å². The van der Waals surface area contributed by atoms with Gasteiger partial charge in [0.2, 0.25) is 5.88 Å². The fourth-order valence-electron chi connectivity index (χ4n) is 2.75. The molecular formula is C20H21F3N2O4. The maximum Gasteiger partial charge on any atom is 0.573 e.